The molecule has 0 saturated carbocycles. The molecule has 1 aliphatic heterocycles. The monoisotopic (exact) mass is 264 g/mol. The van der Waals surface area contributed by atoms with E-state index in [-0.39, 0.29) is 5.41 Å². The molecule has 0 spiro atoms. The zero-order chi connectivity index (χ0) is 14.2. The zero-order valence-electron chi connectivity index (χ0n) is 12.6. The highest BCUT2D eigenvalue weighted by atomic mass is 15.0. The number of hydrogen-bond donors (Lipinski definition) is 0. The number of hydrogen-bond acceptors (Lipinski definition) is 0. The lowest BCUT2D eigenvalue weighted by atomic mass is 9.69. The van der Waals surface area contributed by atoms with Crippen LogP contribution in [0.4, 0.5) is 5.69 Å². The van der Waals surface area contributed by atoms with Gasteiger partial charge in [-0.1, -0.05) is 61.9 Å². The Morgan fingerprint density at radius 3 is 2.30 bits per heavy atom. The van der Waals surface area contributed by atoms with Crippen molar-refractivity contribution in [2.45, 2.75) is 32.1 Å². The predicted molar refractivity (Wildman–Crippen MR) is 85.1 cm³/mol. The van der Waals surface area contributed by atoms with Crippen LogP contribution in [0.1, 0.15) is 37.8 Å². The summed E-state index contributed by atoms with van der Waals surface area (Å²) in [6, 6.07) is 19.8. The van der Waals surface area contributed by atoms with E-state index in [1.54, 1.807) is 0 Å². The van der Waals surface area contributed by atoms with E-state index in [0.717, 1.165) is 6.42 Å². The largest absolute Gasteiger partial charge is 0.209 e. The molecule has 0 aliphatic carbocycles. The van der Waals surface area contributed by atoms with Crippen molar-refractivity contribution in [1.29, 1.82) is 0 Å². The molecule has 0 fully saturated rings. The van der Waals surface area contributed by atoms with Crippen LogP contribution in [0.5, 0.6) is 0 Å². The summed E-state index contributed by atoms with van der Waals surface area (Å²) in [6.45, 7) is 4.56. The second-order valence-corrected chi connectivity index (χ2v) is 5.68. The highest BCUT2D eigenvalue weighted by Gasteiger charge is 2.49. The molecule has 2 aromatic rings. The van der Waals surface area contributed by atoms with Gasteiger partial charge in [0, 0.05) is 18.6 Å². The van der Waals surface area contributed by atoms with Crippen LogP contribution in [0.15, 0.2) is 54.6 Å². The van der Waals surface area contributed by atoms with Gasteiger partial charge in [0.1, 0.15) is 12.5 Å². The van der Waals surface area contributed by atoms with Crippen molar-refractivity contribution in [2.24, 2.45) is 0 Å². The maximum absolute atomic E-state index is 2.36. The molecule has 0 saturated heterocycles. The topological polar surface area (TPSA) is 3.01 Å². The molecule has 2 aromatic carbocycles. The molecule has 0 aromatic heterocycles. The molecule has 20 heavy (non-hydrogen) atoms. The minimum atomic E-state index is 0.0430. The second kappa shape index (κ2) is 4.90. The van der Waals surface area contributed by atoms with Crippen LogP contribution in [0.25, 0.3) is 0 Å². The number of nitrogens with zero attached hydrogens (tertiary/aromatic N) is 1. The number of fused-ring (bicyclic) bond motifs is 1. The Bertz CT molecular complexity index is 654. The van der Waals surface area contributed by atoms with Crippen LogP contribution in [0.3, 0.4) is 0 Å². The van der Waals surface area contributed by atoms with Gasteiger partial charge >= 0.3 is 0 Å². The Balaban J connectivity index is 2.32. The van der Waals surface area contributed by atoms with Crippen LogP contribution in [0.2, 0.25) is 0 Å². The lowest BCUT2D eigenvalue weighted by Crippen LogP contribution is -2.34. The average molecular weight is 264 g/mol. The van der Waals surface area contributed by atoms with Gasteiger partial charge in [0.2, 0.25) is 5.69 Å². The van der Waals surface area contributed by atoms with Gasteiger partial charge < -0.3 is 0 Å². The SMILES string of the molecule is CCCC1(c2ccccc2)C(C)=[N+](C)c2ccccc21. The Kier molecular flexibility index (Phi) is 3.21. The van der Waals surface area contributed by atoms with Crippen LogP contribution in [-0.2, 0) is 5.41 Å². The standard InChI is InChI=1S/C19H22N/c1-4-14-19(16-10-6-5-7-11-16)15(2)20(3)18-13-9-8-12-17(18)19/h5-13H,4,14H2,1-3H3/q+1. The van der Waals surface area contributed by atoms with Crippen LogP contribution >= 0.6 is 0 Å². The maximum atomic E-state index is 2.36. The first-order valence-corrected chi connectivity index (χ1v) is 7.44. The Morgan fingerprint density at radius 1 is 0.950 bits per heavy atom. The zero-order valence-corrected chi connectivity index (χ0v) is 12.6. The Hall–Kier alpha value is -1.89. The summed E-state index contributed by atoms with van der Waals surface area (Å²) in [4.78, 5) is 0. The van der Waals surface area contributed by atoms with Crippen LogP contribution < -0.4 is 0 Å². The molecule has 0 radical (unpaired) electrons. The molecule has 3 rings (SSSR count). The lowest BCUT2D eigenvalue weighted by molar-refractivity contribution is -0.403. The van der Waals surface area contributed by atoms with Gasteiger partial charge in [-0.2, -0.15) is 0 Å². The first-order valence-electron chi connectivity index (χ1n) is 7.44. The van der Waals surface area contributed by atoms with E-state index >= 15 is 0 Å². The van der Waals surface area contributed by atoms with Gasteiger partial charge in [0.15, 0.2) is 5.71 Å². The number of benzene rings is 2. The molecule has 1 unspecified atom stereocenters. The van der Waals surface area contributed by atoms with Gasteiger partial charge in [-0.3, -0.25) is 0 Å². The summed E-state index contributed by atoms with van der Waals surface area (Å²) in [5.41, 5.74) is 5.69. The molecular formula is C19H22N+. The van der Waals surface area contributed by atoms with Crippen molar-refractivity contribution in [3.63, 3.8) is 0 Å². The molecule has 0 bridgehead atoms. The summed E-state index contributed by atoms with van der Waals surface area (Å²) < 4.78 is 2.36. The summed E-state index contributed by atoms with van der Waals surface area (Å²) in [7, 11) is 2.19. The summed E-state index contributed by atoms with van der Waals surface area (Å²) in [5, 5.41) is 0. The van der Waals surface area contributed by atoms with E-state index in [1.165, 1.54) is 28.9 Å². The minimum Gasteiger partial charge on any atom is -0.201 e. The fraction of sp³-hybridized carbons (Fsp3) is 0.316. The minimum absolute atomic E-state index is 0.0430. The molecular weight excluding hydrogens is 242 g/mol. The van der Waals surface area contributed by atoms with Crippen molar-refractivity contribution in [2.75, 3.05) is 7.05 Å². The quantitative estimate of drug-likeness (QED) is 0.717. The molecule has 1 aliphatic rings. The van der Waals surface area contributed by atoms with Gasteiger partial charge in [-0.05, 0) is 12.0 Å². The molecule has 0 amide bonds. The van der Waals surface area contributed by atoms with Crippen LogP contribution in [-0.4, -0.2) is 17.3 Å². The number of para-hydroxylation sites is 1. The highest BCUT2D eigenvalue weighted by Crippen LogP contribution is 2.46. The van der Waals surface area contributed by atoms with E-state index in [4.69, 9.17) is 0 Å². The Morgan fingerprint density at radius 2 is 1.60 bits per heavy atom. The maximum Gasteiger partial charge on any atom is 0.209 e. The molecule has 1 heterocycles. The van der Waals surface area contributed by atoms with E-state index in [1.807, 2.05) is 0 Å². The summed E-state index contributed by atoms with van der Waals surface area (Å²) in [5.74, 6) is 0. The molecule has 1 atom stereocenters. The molecule has 1 heteroatoms. The first kappa shape index (κ1) is 13.1. The van der Waals surface area contributed by atoms with Gasteiger partial charge in [0.05, 0.1) is 0 Å². The molecule has 0 N–H and O–H groups in total. The van der Waals surface area contributed by atoms with Crippen molar-refractivity contribution >= 4 is 11.4 Å². The lowest BCUT2D eigenvalue weighted by Gasteiger charge is -2.27. The van der Waals surface area contributed by atoms with Gasteiger partial charge in [-0.15, -0.1) is 0 Å². The third-order valence-electron chi connectivity index (χ3n) is 4.74. The number of rotatable bonds is 3. The normalized spacial score (nSPS) is 21.1. The summed E-state index contributed by atoms with van der Waals surface area (Å²) >= 11 is 0. The van der Waals surface area contributed by atoms with E-state index in [9.17, 15) is 0 Å². The average Bonchev–Trinajstić information content (AvgIpc) is 2.72. The molecule has 102 valence electrons. The fourth-order valence-corrected chi connectivity index (χ4v) is 3.71. The van der Waals surface area contributed by atoms with Gasteiger partial charge in [-0.25, -0.2) is 4.58 Å². The third kappa shape index (κ3) is 1.66. The highest BCUT2D eigenvalue weighted by molar-refractivity contribution is 5.97. The van der Waals surface area contributed by atoms with Crippen molar-refractivity contribution < 1.29 is 4.58 Å². The second-order valence-electron chi connectivity index (χ2n) is 5.68. The van der Waals surface area contributed by atoms with Crippen LogP contribution in [0, 0.1) is 0 Å². The van der Waals surface area contributed by atoms with Gasteiger partial charge in [0.25, 0.3) is 0 Å². The third-order valence-corrected chi connectivity index (χ3v) is 4.74. The van der Waals surface area contributed by atoms with Crippen molar-refractivity contribution in [3.8, 4) is 0 Å². The first-order chi connectivity index (χ1) is 9.71. The smallest absolute Gasteiger partial charge is 0.201 e. The fourth-order valence-electron chi connectivity index (χ4n) is 3.71. The van der Waals surface area contributed by atoms with Crippen molar-refractivity contribution in [1.82, 2.24) is 0 Å². The summed E-state index contributed by atoms with van der Waals surface area (Å²) in [6.07, 6.45) is 2.33. The molecule has 1 nitrogen and oxygen atoms in total. The predicted octanol–water partition coefficient (Wildman–Crippen LogP) is 4.52. The Labute approximate surface area is 121 Å². The van der Waals surface area contributed by atoms with E-state index < -0.39 is 0 Å². The van der Waals surface area contributed by atoms with E-state index in [0.29, 0.717) is 0 Å². The van der Waals surface area contributed by atoms with E-state index in [2.05, 4.69) is 80.1 Å². The van der Waals surface area contributed by atoms with Crippen molar-refractivity contribution in [3.05, 3.63) is 65.7 Å².